The van der Waals surface area contributed by atoms with Crippen LogP contribution in [0, 0.1) is 11.8 Å². The number of fused-ring (bicyclic) bond motifs is 2. The zero-order valence-electron chi connectivity index (χ0n) is 17.1. The molecule has 3 atom stereocenters. The maximum atomic E-state index is 12.0. The normalized spacial score (nSPS) is 20.2. The SMILES string of the molecule is CCC(C)C(C(=O)O)[C@H]1CN(C2=Nc3cc(Cl)ccc3Oc3ccccc32)CCN1. The third-order valence-electron chi connectivity index (χ3n) is 5.98. The number of nitrogens with zero attached hydrogens (tertiary/aromatic N) is 2. The van der Waals surface area contributed by atoms with Crippen molar-refractivity contribution in [1.29, 1.82) is 0 Å². The molecule has 2 unspecified atom stereocenters. The maximum absolute atomic E-state index is 12.0. The molecule has 0 bridgehead atoms. The van der Waals surface area contributed by atoms with Crippen molar-refractivity contribution in [3.8, 4) is 11.5 Å². The second kappa shape index (κ2) is 8.66. The van der Waals surface area contributed by atoms with E-state index in [1.807, 2.05) is 44.2 Å². The zero-order valence-corrected chi connectivity index (χ0v) is 17.9. The maximum Gasteiger partial charge on any atom is 0.308 e. The van der Waals surface area contributed by atoms with Crippen LogP contribution in [0.25, 0.3) is 0 Å². The molecule has 2 aromatic carbocycles. The number of carboxylic acid groups (broad SMARTS) is 1. The lowest BCUT2D eigenvalue weighted by Gasteiger charge is -2.39. The standard InChI is InChI=1S/C23H26ClN3O3/c1-3-14(2)21(23(28)29)18-13-27(11-10-25-18)22-16-6-4-5-7-19(16)30-20-9-8-15(24)12-17(20)26-22/h4-9,12,14,18,21,25H,3,10-11,13H2,1-2H3,(H,28,29)/t14?,18-,21?/m1/s1. The summed E-state index contributed by atoms with van der Waals surface area (Å²) in [6.07, 6.45) is 0.818. The topological polar surface area (TPSA) is 74.2 Å². The Morgan fingerprint density at radius 1 is 1.33 bits per heavy atom. The van der Waals surface area contributed by atoms with Gasteiger partial charge < -0.3 is 20.1 Å². The van der Waals surface area contributed by atoms with Gasteiger partial charge in [0.2, 0.25) is 0 Å². The Kier molecular flexibility index (Phi) is 5.97. The first-order valence-electron chi connectivity index (χ1n) is 10.3. The fourth-order valence-electron chi connectivity index (χ4n) is 4.22. The Hall–Kier alpha value is -2.57. The van der Waals surface area contributed by atoms with Crippen LogP contribution >= 0.6 is 11.6 Å². The summed E-state index contributed by atoms with van der Waals surface area (Å²) in [7, 11) is 0. The lowest BCUT2D eigenvalue weighted by atomic mass is 9.84. The molecule has 2 aromatic rings. The summed E-state index contributed by atoms with van der Waals surface area (Å²) in [5, 5.41) is 13.9. The summed E-state index contributed by atoms with van der Waals surface area (Å²) < 4.78 is 6.14. The Bertz CT molecular complexity index is 978. The van der Waals surface area contributed by atoms with Gasteiger partial charge in [-0.2, -0.15) is 0 Å². The number of aliphatic imine (C=N–C) groups is 1. The molecule has 4 rings (SSSR count). The summed E-state index contributed by atoms with van der Waals surface area (Å²) in [6.45, 7) is 6.01. The second-order valence-electron chi connectivity index (χ2n) is 7.90. The summed E-state index contributed by atoms with van der Waals surface area (Å²) >= 11 is 6.21. The smallest absolute Gasteiger partial charge is 0.308 e. The molecule has 2 aliphatic heterocycles. The third kappa shape index (κ3) is 4.02. The molecule has 0 spiro atoms. The van der Waals surface area contributed by atoms with Crippen LogP contribution in [0.2, 0.25) is 5.02 Å². The van der Waals surface area contributed by atoms with Crippen LogP contribution in [-0.4, -0.2) is 47.5 Å². The fraction of sp³-hybridized carbons (Fsp3) is 0.391. The minimum Gasteiger partial charge on any atom is -0.481 e. The van der Waals surface area contributed by atoms with Crippen molar-refractivity contribution in [2.24, 2.45) is 16.8 Å². The first-order valence-corrected chi connectivity index (χ1v) is 10.7. The number of halogens is 1. The molecule has 158 valence electrons. The molecular weight excluding hydrogens is 402 g/mol. The molecule has 0 aromatic heterocycles. The quantitative estimate of drug-likeness (QED) is 0.749. The Labute approximate surface area is 181 Å². The van der Waals surface area contributed by atoms with E-state index in [0.717, 1.165) is 30.1 Å². The van der Waals surface area contributed by atoms with Gasteiger partial charge in [0.05, 0.1) is 11.5 Å². The zero-order chi connectivity index (χ0) is 21.3. The van der Waals surface area contributed by atoms with E-state index in [1.54, 1.807) is 12.1 Å². The molecule has 0 aliphatic carbocycles. The number of hydrogen-bond donors (Lipinski definition) is 2. The molecular formula is C23H26ClN3O3. The number of piperazine rings is 1. The molecule has 0 saturated carbocycles. The number of carbonyl (C=O) groups is 1. The van der Waals surface area contributed by atoms with Crippen LogP contribution in [0.5, 0.6) is 11.5 Å². The first kappa shape index (κ1) is 20.7. The van der Waals surface area contributed by atoms with Gasteiger partial charge in [-0.1, -0.05) is 44.0 Å². The molecule has 30 heavy (non-hydrogen) atoms. The Morgan fingerprint density at radius 2 is 2.13 bits per heavy atom. The highest BCUT2D eigenvalue weighted by Crippen LogP contribution is 2.39. The number of benzene rings is 2. The number of ether oxygens (including phenoxy) is 1. The van der Waals surface area contributed by atoms with Crippen LogP contribution < -0.4 is 10.1 Å². The van der Waals surface area contributed by atoms with Gasteiger partial charge in [0.15, 0.2) is 5.75 Å². The Balaban J connectivity index is 1.73. The largest absolute Gasteiger partial charge is 0.481 e. The summed E-state index contributed by atoms with van der Waals surface area (Å²) in [4.78, 5) is 19.1. The number of rotatable bonds is 4. The molecule has 0 radical (unpaired) electrons. The van der Waals surface area contributed by atoms with Crippen LogP contribution in [0.4, 0.5) is 5.69 Å². The minimum absolute atomic E-state index is 0.0752. The number of amidine groups is 1. The number of nitrogens with one attached hydrogen (secondary N) is 1. The highest BCUT2D eigenvalue weighted by molar-refractivity contribution is 6.31. The number of para-hydroxylation sites is 1. The average Bonchev–Trinajstić information content (AvgIpc) is 2.90. The van der Waals surface area contributed by atoms with E-state index < -0.39 is 11.9 Å². The molecule has 7 heteroatoms. The van der Waals surface area contributed by atoms with E-state index in [4.69, 9.17) is 21.3 Å². The van der Waals surface area contributed by atoms with Crippen LogP contribution in [0.1, 0.15) is 25.8 Å². The molecule has 0 amide bonds. The van der Waals surface area contributed by atoms with Crippen molar-refractivity contribution in [3.63, 3.8) is 0 Å². The highest BCUT2D eigenvalue weighted by atomic mass is 35.5. The summed E-state index contributed by atoms with van der Waals surface area (Å²) in [5.41, 5.74) is 1.56. The molecule has 1 fully saturated rings. The van der Waals surface area contributed by atoms with Crippen molar-refractivity contribution in [2.45, 2.75) is 26.3 Å². The summed E-state index contributed by atoms with van der Waals surface area (Å²) in [5.74, 6) is 1.02. The van der Waals surface area contributed by atoms with Crippen LogP contribution in [0.15, 0.2) is 47.5 Å². The Morgan fingerprint density at radius 3 is 2.90 bits per heavy atom. The van der Waals surface area contributed by atoms with Crippen molar-refractivity contribution in [2.75, 3.05) is 19.6 Å². The molecule has 2 N–H and O–H groups in total. The van der Waals surface area contributed by atoms with Crippen molar-refractivity contribution >= 4 is 29.1 Å². The second-order valence-corrected chi connectivity index (χ2v) is 8.34. The van der Waals surface area contributed by atoms with Gasteiger partial charge in [0, 0.05) is 30.7 Å². The summed E-state index contributed by atoms with van der Waals surface area (Å²) in [6, 6.07) is 13.0. The lowest BCUT2D eigenvalue weighted by Crippen LogP contribution is -2.57. The van der Waals surface area contributed by atoms with E-state index in [0.29, 0.717) is 29.5 Å². The van der Waals surface area contributed by atoms with Gasteiger partial charge in [0.25, 0.3) is 0 Å². The highest BCUT2D eigenvalue weighted by Gasteiger charge is 2.36. The third-order valence-corrected chi connectivity index (χ3v) is 6.21. The van der Waals surface area contributed by atoms with Gasteiger partial charge >= 0.3 is 5.97 Å². The van der Waals surface area contributed by atoms with Crippen LogP contribution in [0.3, 0.4) is 0 Å². The number of aliphatic carboxylic acids is 1. The molecule has 2 aliphatic rings. The molecule has 2 heterocycles. The molecule has 1 saturated heterocycles. The van der Waals surface area contributed by atoms with Gasteiger partial charge in [-0.3, -0.25) is 4.79 Å². The first-order chi connectivity index (χ1) is 14.5. The molecule has 6 nitrogen and oxygen atoms in total. The van der Waals surface area contributed by atoms with Gasteiger partial charge in [-0.05, 0) is 36.2 Å². The number of hydrogen-bond acceptors (Lipinski definition) is 5. The van der Waals surface area contributed by atoms with Crippen molar-refractivity contribution < 1.29 is 14.6 Å². The monoisotopic (exact) mass is 427 g/mol. The predicted octanol–water partition coefficient (Wildman–Crippen LogP) is 4.54. The van der Waals surface area contributed by atoms with Gasteiger partial charge in [-0.15, -0.1) is 0 Å². The van der Waals surface area contributed by atoms with Crippen LogP contribution in [-0.2, 0) is 4.79 Å². The van der Waals surface area contributed by atoms with Gasteiger partial charge in [0.1, 0.15) is 17.3 Å². The van der Waals surface area contributed by atoms with E-state index in [1.165, 1.54) is 0 Å². The number of carboxylic acids is 1. The van der Waals surface area contributed by atoms with Gasteiger partial charge in [-0.25, -0.2) is 4.99 Å². The van der Waals surface area contributed by atoms with E-state index >= 15 is 0 Å². The van der Waals surface area contributed by atoms with Crippen molar-refractivity contribution in [1.82, 2.24) is 10.2 Å². The lowest BCUT2D eigenvalue weighted by molar-refractivity contribution is -0.145. The predicted molar refractivity (Wildman–Crippen MR) is 118 cm³/mol. The van der Waals surface area contributed by atoms with E-state index in [9.17, 15) is 9.90 Å². The minimum atomic E-state index is -0.757. The van der Waals surface area contributed by atoms with E-state index in [2.05, 4.69) is 10.2 Å². The average molecular weight is 428 g/mol. The van der Waals surface area contributed by atoms with Crippen molar-refractivity contribution in [3.05, 3.63) is 53.1 Å². The fourth-order valence-corrected chi connectivity index (χ4v) is 4.38. The van der Waals surface area contributed by atoms with E-state index in [-0.39, 0.29) is 12.0 Å².